The maximum Gasteiger partial charge on any atom is 0.416 e. The van der Waals surface area contributed by atoms with Gasteiger partial charge in [0.2, 0.25) is 0 Å². The number of aliphatic hydroxyl groups is 2. The van der Waals surface area contributed by atoms with Crippen molar-refractivity contribution in [1.82, 2.24) is 0 Å². The first kappa shape index (κ1) is 21.9. The third-order valence-corrected chi connectivity index (χ3v) is 6.53. The molecule has 0 aromatic rings. The van der Waals surface area contributed by atoms with Gasteiger partial charge >= 0.3 is 6.18 Å². The fourth-order valence-corrected chi connectivity index (χ4v) is 4.50. The maximum absolute atomic E-state index is 13.2. The van der Waals surface area contributed by atoms with Crippen molar-refractivity contribution in [2.24, 2.45) is 29.4 Å². The molecule has 6 unspecified atom stereocenters. The molecular formula is C19H34F3NO3. The van der Waals surface area contributed by atoms with Crippen molar-refractivity contribution in [2.75, 3.05) is 0 Å². The normalized spacial score (nSPS) is 32.7. The average Bonchev–Trinajstić information content (AvgIpc) is 2.47. The van der Waals surface area contributed by atoms with Crippen LogP contribution in [0.1, 0.15) is 66.2 Å². The Balaban J connectivity index is 2.13. The summed E-state index contributed by atoms with van der Waals surface area (Å²) in [5, 5.41) is 20.6. The van der Waals surface area contributed by atoms with Crippen molar-refractivity contribution < 1.29 is 28.1 Å². The second-order valence-corrected chi connectivity index (χ2v) is 9.09. The summed E-state index contributed by atoms with van der Waals surface area (Å²) < 4.78 is 45.3. The van der Waals surface area contributed by atoms with Crippen molar-refractivity contribution in [3.05, 3.63) is 0 Å². The van der Waals surface area contributed by atoms with Gasteiger partial charge in [0.15, 0.2) is 11.9 Å². The van der Waals surface area contributed by atoms with Crippen LogP contribution in [-0.2, 0) is 4.74 Å². The van der Waals surface area contributed by atoms with Crippen LogP contribution in [0, 0.1) is 23.7 Å². The standard InChI is InChI=1S/C19H34F3NO3/c1-5-18(23,9-11(2)3)16(24)26-15(10-17(4,25)19(20,21)22)14-8-12-6-7-13(12)14/h11-16,24-25H,5-10,23H2,1-4H3/t12-,13?,14?,15?,16?,17?,18?/m0/s1. The van der Waals surface area contributed by atoms with Gasteiger partial charge < -0.3 is 20.7 Å². The molecule has 2 rings (SSSR count). The molecule has 154 valence electrons. The summed E-state index contributed by atoms with van der Waals surface area (Å²) in [7, 11) is 0. The maximum atomic E-state index is 13.2. The van der Waals surface area contributed by atoms with Crippen molar-refractivity contribution in [2.45, 2.75) is 95.9 Å². The Morgan fingerprint density at radius 2 is 1.81 bits per heavy atom. The van der Waals surface area contributed by atoms with E-state index in [4.69, 9.17) is 10.5 Å². The molecule has 2 saturated carbocycles. The van der Waals surface area contributed by atoms with Gasteiger partial charge in [-0.05, 0) is 62.7 Å². The van der Waals surface area contributed by atoms with Crippen LogP contribution >= 0.6 is 0 Å². The second-order valence-electron chi connectivity index (χ2n) is 9.09. The largest absolute Gasteiger partial charge is 0.416 e. The van der Waals surface area contributed by atoms with Gasteiger partial charge in [-0.2, -0.15) is 13.2 Å². The highest BCUT2D eigenvalue weighted by Crippen LogP contribution is 2.57. The number of rotatable bonds is 9. The number of alkyl halides is 3. The lowest BCUT2D eigenvalue weighted by Gasteiger charge is -2.56. The van der Waals surface area contributed by atoms with E-state index < -0.39 is 36.1 Å². The predicted octanol–water partition coefficient (Wildman–Crippen LogP) is 3.59. The summed E-state index contributed by atoms with van der Waals surface area (Å²) in [6.45, 7) is 6.55. The molecular weight excluding hydrogens is 347 g/mol. The minimum atomic E-state index is -4.75. The summed E-state index contributed by atoms with van der Waals surface area (Å²) >= 11 is 0. The Morgan fingerprint density at radius 3 is 2.15 bits per heavy atom. The third kappa shape index (κ3) is 4.37. The van der Waals surface area contributed by atoms with Crippen LogP contribution in [0.5, 0.6) is 0 Å². The van der Waals surface area contributed by atoms with E-state index in [1.807, 2.05) is 20.8 Å². The smallest absolute Gasteiger partial charge is 0.381 e. The molecule has 4 nitrogen and oxygen atoms in total. The van der Waals surface area contributed by atoms with Gasteiger partial charge in [-0.3, -0.25) is 0 Å². The number of halogens is 3. The molecule has 4 N–H and O–H groups in total. The summed E-state index contributed by atoms with van der Waals surface area (Å²) in [4.78, 5) is 0. The molecule has 2 aliphatic carbocycles. The molecule has 26 heavy (non-hydrogen) atoms. The third-order valence-electron chi connectivity index (χ3n) is 6.53. The lowest BCUT2D eigenvalue weighted by molar-refractivity contribution is -0.283. The number of fused-ring (bicyclic) bond motifs is 1. The van der Waals surface area contributed by atoms with Gasteiger partial charge in [0.1, 0.15) is 0 Å². The van der Waals surface area contributed by atoms with Crippen LogP contribution in [0.3, 0.4) is 0 Å². The van der Waals surface area contributed by atoms with E-state index in [1.54, 1.807) is 0 Å². The van der Waals surface area contributed by atoms with Crippen LogP contribution in [-0.4, -0.2) is 39.9 Å². The van der Waals surface area contributed by atoms with Crippen molar-refractivity contribution in [3.8, 4) is 0 Å². The van der Waals surface area contributed by atoms with E-state index in [1.165, 1.54) is 0 Å². The van der Waals surface area contributed by atoms with E-state index in [9.17, 15) is 23.4 Å². The summed E-state index contributed by atoms with van der Waals surface area (Å²) in [6.07, 6.45) is -3.71. The van der Waals surface area contributed by atoms with E-state index in [-0.39, 0.29) is 11.8 Å². The number of hydrogen-bond donors (Lipinski definition) is 3. The second kappa shape index (κ2) is 7.57. The Labute approximate surface area is 154 Å². The van der Waals surface area contributed by atoms with Gasteiger partial charge in [-0.1, -0.05) is 20.8 Å². The van der Waals surface area contributed by atoms with Gasteiger partial charge in [0, 0.05) is 6.42 Å². The molecule has 0 aliphatic heterocycles. The predicted molar refractivity (Wildman–Crippen MR) is 93.2 cm³/mol. The van der Waals surface area contributed by atoms with E-state index in [0.29, 0.717) is 24.7 Å². The molecule has 0 aromatic carbocycles. The monoisotopic (exact) mass is 381 g/mol. The molecule has 2 aliphatic rings. The first-order chi connectivity index (χ1) is 11.8. The van der Waals surface area contributed by atoms with Crippen LogP contribution in [0.15, 0.2) is 0 Å². The minimum Gasteiger partial charge on any atom is -0.381 e. The van der Waals surface area contributed by atoms with Crippen molar-refractivity contribution in [1.29, 1.82) is 0 Å². The van der Waals surface area contributed by atoms with Crippen LogP contribution in [0.25, 0.3) is 0 Å². The van der Waals surface area contributed by atoms with Gasteiger partial charge in [-0.15, -0.1) is 0 Å². The number of hydrogen-bond acceptors (Lipinski definition) is 4. The zero-order valence-electron chi connectivity index (χ0n) is 16.2. The quantitative estimate of drug-likeness (QED) is 0.534. The molecule has 0 spiro atoms. The Morgan fingerprint density at radius 1 is 1.19 bits per heavy atom. The van der Waals surface area contributed by atoms with Crippen molar-refractivity contribution >= 4 is 0 Å². The molecule has 0 bridgehead atoms. The molecule has 2 fully saturated rings. The number of nitrogens with two attached hydrogens (primary N) is 1. The lowest BCUT2D eigenvalue weighted by atomic mass is 9.51. The zero-order chi connectivity index (χ0) is 19.9. The molecule has 0 amide bonds. The SMILES string of the molecule is CCC(N)(CC(C)C)C(O)OC(CC(C)(O)C(F)(F)F)C1C[C@@H]2CCC12. The van der Waals surface area contributed by atoms with E-state index in [0.717, 1.165) is 26.2 Å². The zero-order valence-corrected chi connectivity index (χ0v) is 16.2. The molecule has 7 heteroatoms. The molecule has 0 radical (unpaired) electrons. The number of ether oxygens (including phenoxy) is 1. The van der Waals surface area contributed by atoms with Crippen LogP contribution < -0.4 is 5.73 Å². The Bertz CT molecular complexity index is 483. The highest BCUT2D eigenvalue weighted by atomic mass is 19.4. The highest BCUT2D eigenvalue weighted by Gasteiger charge is 2.57. The molecule has 7 atom stereocenters. The fourth-order valence-electron chi connectivity index (χ4n) is 4.50. The Hall–Kier alpha value is -0.370. The highest BCUT2D eigenvalue weighted by molar-refractivity contribution is 5.02. The average molecular weight is 381 g/mol. The Kier molecular flexibility index (Phi) is 6.38. The first-order valence-corrected chi connectivity index (χ1v) is 9.72. The molecule has 0 aromatic heterocycles. The minimum absolute atomic E-state index is 0.0580. The number of aliphatic hydroxyl groups excluding tert-OH is 1. The topological polar surface area (TPSA) is 75.7 Å². The lowest BCUT2D eigenvalue weighted by Crippen LogP contribution is -2.58. The van der Waals surface area contributed by atoms with E-state index >= 15 is 0 Å². The van der Waals surface area contributed by atoms with Gasteiger partial charge in [0.25, 0.3) is 0 Å². The van der Waals surface area contributed by atoms with E-state index in [2.05, 4.69) is 0 Å². The van der Waals surface area contributed by atoms with Gasteiger partial charge in [0.05, 0.1) is 11.6 Å². The summed E-state index contributed by atoms with van der Waals surface area (Å²) in [6, 6.07) is 0. The fraction of sp³-hybridized carbons (Fsp3) is 1.00. The van der Waals surface area contributed by atoms with Crippen LogP contribution in [0.2, 0.25) is 0 Å². The van der Waals surface area contributed by atoms with Crippen LogP contribution in [0.4, 0.5) is 13.2 Å². The molecule has 0 heterocycles. The van der Waals surface area contributed by atoms with Gasteiger partial charge in [-0.25, -0.2) is 0 Å². The molecule has 0 saturated heterocycles. The first-order valence-electron chi connectivity index (χ1n) is 9.72. The summed E-state index contributed by atoms with van der Waals surface area (Å²) in [5.74, 6) is 1.06. The summed E-state index contributed by atoms with van der Waals surface area (Å²) in [5.41, 5.74) is 2.45. The van der Waals surface area contributed by atoms with Crippen molar-refractivity contribution in [3.63, 3.8) is 0 Å².